The third kappa shape index (κ3) is 5.75. The Labute approximate surface area is 216 Å². The highest BCUT2D eigenvalue weighted by atomic mass is 32.2. The molecule has 12 heteroatoms. The van der Waals surface area contributed by atoms with Crippen molar-refractivity contribution in [2.75, 3.05) is 0 Å². The van der Waals surface area contributed by atoms with E-state index in [1.807, 2.05) is 0 Å². The average Bonchev–Trinajstić information content (AvgIpc) is 3.17. The Bertz CT molecular complexity index is 1430. The minimum absolute atomic E-state index is 0.00834. The van der Waals surface area contributed by atoms with E-state index in [0.717, 1.165) is 47.0 Å². The van der Waals surface area contributed by atoms with Crippen molar-refractivity contribution in [2.45, 2.75) is 62.2 Å². The van der Waals surface area contributed by atoms with Gasteiger partial charge in [-0.05, 0) is 61.4 Å². The minimum atomic E-state index is -4.30. The summed E-state index contributed by atoms with van der Waals surface area (Å²) in [6.45, 7) is 2.04. The molecule has 3 aromatic rings. The number of hydrogen-bond donors (Lipinski definition) is 0. The second kappa shape index (κ2) is 10.5. The molecule has 0 N–H and O–H groups in total. The van der Waals surface area contributed by atoms with Crippen LogP contribution in [0.5, 0.6) is 0 Å². The summed E-state index contributed by atoms with van der Waals surface area (Å²) >= 11 is 0. The summed E-state index contributed by atoms with van der Waals surface area (Å²) in [6, 6.07) is 5.48. The fraction of sp³-hybridized carbons (Fsp3) is 0.346. The van der Waals surface area contributed by atoms with Crippen molar-refractivity contribution in [1.29, 1.82) is 0 Å². The first-order valence-corrected chi connectivity index (χ1v) is 13.2. The Morgan fingerprint density at radius 3 is 2.34 bits per heavy atom. The topological polar surface area (TPSA) is 80.2 Å². The van der Waals surface area contributed by atoms with Gasteiger partial charge in [0.15, 0.2) is 5.78 Å². The van der Waals surface area contributed by atoms with E-state index in [0.29, 0.717) is 12.5 Å². The van der Waals surface area contributed by atoms with Crippen molar-refractivity contribution in [1.82, 2.24) is 14.3 Å². The molecule has 1 fully saturated rings. The minimum Gasteiger partial charge on any atom is -0.298 e. The van der Waals surface area contributed by atoms with E-state index >= 15 is 0 Å². The number of alkyl halides is 3. The van der Waals surface area contributed by atoms with E-state index in [2.05, 4.69) is 9.97 Å². The van der Waals surface area contributed by atoms with Crippen LogP contribution in [0.4, 0.5) is 22.0 Å². The van der Waals surface area contributed by atoms with Crippen molar-refractivity contribution < 1.29 is 35.2 Å². The van der Waals surface area contributed by atoms with E-state index < -0.39 is 57.3 Å². The van der Waals surface area contributed by atoms with Crippen LogP contribution in [0.2, 0.25) is 0 Å². The molecule has 0 radical (unpaired) electrons. The van der Waals surface area contributed by atoms with Crippen LogP contribution >= 0.6 is 0 Å². The fourth-order valence-corrected chi connectivity index (χ4v) is 6.26. The van der Waals surface area contributed by atoms with Crippen molar-refractivity contribution in [3.05, 3.63) is 77.8 Å². The van der Waals surface area contributed by atoms with Gasteiger partial charge in [-0.2, -0.15) is 13.1 Å². The molecule has 0 unspecified atom stereocenters. The number of hydrogen-bond acceptors (Lipinski definition) is 5. The third-order valence-corrected chi connectivity index (χ3v) is 8.47. The maximum absolute atomic E-state index is 14.6. The molecule has 1 aliphatic rings. The van der Waals surface area contributed by atoms with Crippen molar-refractivity contribution in [2.24, 2.45) is 0 Å². The number of Topliss-reactive ketones (excluding diaryl/α,β-unsaturated/α-hetero) is 1. The molecule has 0 aliphatic carbocycles. The van der Waals surface area contributed by atoms with Crippen LogP contribution in [-0.2, 0) is 27.2 Å². The molecular weight excluding hydrogens is 529 g/mol. The second-order valence-corrected chi connectivity index (χ2v) is 11.1. The lowest BCUT2D eigenvalue weighted by molar-refractivity contribution is -0.122. The van der Waals surface area contributed by atoms with E-state index in [9.17, 15) is 35.2 Å². The Morgan fingerprint density at radius 2 is 1.74 bits per heavy atom. The van der Waals surface area contributed by atoms with Crippen LogP contribution in [0.3, 0.4) is 0 Å². The van der Waals surface area contributed by atoms with Gasteiger partial charge in [-0.1, -0.05) is 0 Å². The van der Waals surface area contributed by atoms with Gasteiger partial charge >= 0.3 is 0 Å². The smallest absolute Gasteiger partial charge is 0.288 e. The number of aryl methyl sites for hydroxylation is 1. The summed E-state index contributed by atoms with van der Waals surface area (Å²) in [5.41, 5.74) is 0.229. The number of aromatic nitrogens is 2. The SMILES string of the molecule is C[C@H]1[C@H](F)C[C@@H](C(=O)CCc2cc(F)cc(-c3cnc(C(C)(F)F)cn3)c2)N1S(=O)(=O)c1ccc(F)cc1. The number of carbonyl (C=O) groups is 1. The van der Waals surface area contributed by atoms with Gasteiger partial charge in [-0.25, -0.2) is 21.6 Å². The molecule has 1 aromatic heterocycles. The van der Waals surface area contributed by atoms with E-state index in [-0.39, 0.29) is 35.4 Å². The molecule has 0 amide bonds. The molecule has 202 valence electrons. The van der Waals surface area contributed by atoms with Crippen LogP contribution in [-0.4, -0.2) is 46.7 Å². The summed E-state index contributed by atoms with van der Waals surface area (Å²) in [6.07, 6.45) is -0.135. The molecule has 38 heavy (non-hydrogen) atoms. The Hall–Kier alpha value is -3.25. The van der Waals surface area contributed by atoms with Crippen molar-refractivity contribution >= 4 is 15.8 Å². The van der Waals surface area contributed by atoms with Crippen molar-refractivity contribution in [3.63, 3.8) is 0 Å². The molecule has 0 bridgehead atoms. The third-order valence-electron chi connectivity index (χ3n) is 6.46. The van der Waals surface area contributed by atoms with Crippen LogP contribution in [0.1, 0.15) is 37.9 Å². The van der Waals surface area contributed by atoms with Gasteiger partial charge in [0.1, 0.15) is 23.5 Å². The van der Waals surface area contributed by atoms with E-state index in [1.54, 1.807) is 0 Å². The number of benzene rings is 2. The summed E-state index contributed by atoms with van der Waals surface area (Å²) in [5.74, 6) is -5.04. The lowest BCUT2D eigenvalue weighted by atomic mass is 10.00. The van der Waals surface area contributed by atoms with E-state index in [4.69, 9.17) is 0 Å². The number of nitrogens with zero attached hydrogens (tertiary/aromatic N) is 3. The number of rotatable bonds is 8. The molecule has 4 rings (SSSR count). The Kier molecular flexibility index (Phi) is 7.67. The molecular formula is C26H24F5N3O3S. The van der Waals surface area contributed by atoms with Gasteiger partial charge in [0.25, 0.3) is 5.92 Å². The molecule has 0 saturated carbocycles. The predicted molar refractivity (Wildman–Crippen MR) is 129 cm³/mol. The molecule has 6 nitrogen and oxygen atoms in total. The monoisotopic (exact) mass is 553 g/mol. The molecule has 3 atom stereocenters. The zero-order valence-electron chi connectivity index (χ0n) is 20.4. The van der Waals surface area contributed by atoms with E-state index in [1.165, 1.54) is 19.1 Å². The zero-order valence-corrected chi connectivity index (χ0v) is 21.2. The first-order chi connectivity index (χ1) is 17.8. The summed E-state index contributed by atoms with van der Waals surface area (Å²) in [4.78, 5) is 20.4. The van der Waals surface area contributed by atoms with Crippen LogP contribution in [0.15, 0.2) is 59.8 Å². The average molecular weight is 554 g/mol. The standard InChI is InChI=1S/C26H24F5N3O3S/c1-15-21(29)12-23(34(15)38(36,37)20-6-4-18(27)5-7-20)24(35)8-3-16-9-17(11-19(28)10-16)22-13-33-25(14-32-22)26(2,30)31/h4-7,9-11,13-15,21,23H,3,8,12H2,1-2H3/t15-,21+,23-/m0/s1. The predicted octanol–water partition coefficient (Wildman–Crippen LogP) is 5.23. The maximum Gasteiger partial charge on any atom is 0.288 e. The first kappa shape index (κ1) is 27.8. The molecule has 1 aliphatic heterocycles. The van der Waals surface area contributed by atoms with Gasteiger partial charge in [-0.15, -0.1) is 0 Å². The Morgan fingerprint density at radius 1 is 1.05 bits per heavy atom. The lowest BCUT2D eigenvalue weighted by Gasteiger charge is -2.26. The van der Waals surface area contributed by atoms with Crippen molar-refractivity contribution in [3.8, 4) is 11.3 Å². The molecule has 2 heterocycles. The first-order valence-electron chi connectivity index (χ1n) is 11.7. The van der Waals surface area contributed by atoms with Crippen LogP contribution in [0, 0.1) is 11.6 Å². The highest BCUT2D eigenvalue weighted by Gasteiger charge is 2.48. The van der Waals surface area contributed by atoms with Gasteiger partial charge in [0.05, 0.1) is 35.1 Å². The fourth-order valence-electron chi connectivity index (χ4n) is 4.43. The molecule has 0 spiro atoms. The normalized spacial score (nSPS) is 20.6. The quantitative estimate of drug-likeness (QED) is 0.357. The summed E-state index contributed by atoms with van der Waals surface area (Å²) in [7, 11) is -4.30. The highest BCUT2D eigenvalue weighted by molar-refractivity contribution is 7.89. The second-order valence-electron chi connectivity index (χ2n) is 9.29. The van der Waals surface area contributed by atoms with Crippen LogP contribution < -0.4 is 0 Å². The Balaban J connectivity index is 1.53. The van der Waals surface area contributed by atoms with Gasteiger partial charge < -0.3 is 0 Å². The highest BCUT2D eigenvalue weighted by Crippen LogP contribution is 2.34. The number of halogens is 5. The largest absolute Gasteiger partial charge is 0.298 e. The van der Waals surface area contributed by atoms with Gasteiger partial charge in [0, 0.05) is 25.3 Å². The molecule has 2 aromatic carbocycles. The number of carbonyl (C=O) groups excluding carboxylic acids is 1. The van der Waals surface area contributed by atoms with Crippen LogP contribution in [0.25, 0.3) is 11.3 Å². The summed E-state index contributed by atoms with van der Waals surface area (Å²) < 4.78 is 96.3. The summed E-state index contributed by atoms with van der Waals surface area (Å²) in [5, 5.41) is 0. The maximum atomic E-state index is 14.6. The molecule has 1 saturated heterocycles. The number of sulfonamides is 1. The van der Waals surface area contributed by atoms with Gasteiger partial charge in [0.2, 0.25) is 10.0 Å². The number of ketones is 1. The lowest BCUT2D eigenvalue weighted by Crippen LogP contribution is -2.44. The van der Waals surface area contributed by atoms with Gasteiger partial charge in [-0.3, -0.25) is 14.8 Å². The zero-order chi connectivity index (χ0) is 27.8.